The van der Waals surface area contributed by atoms with Gasteiger partial charge in [0.2, 0.25) is 5.56 Å². The first-order valence-electron chi connectivity index (χ1n) is 7.84. The lowest BCUT2D eigenvalue weighted by Crippen LogP contribution is -2.38. The molecule has 6 heteroatoms. The minimum atomic E-state index is -0.960. The molecule has 0 aliphatic heterocycles. The first-order chi connectivity index (χ1) is 12.0. The fourth-order valence-electron chi connectivity index (χ4n) is 2.76. The third-order valence-corrected chi connectivity index (χ3v) is 4.28. The summed E-state index contributed by atoms with van der Waals surface area (Å²) in [5, 5.41) is 14.0. The fourth-order valence-corrected chi connectivity index (χ4v) is 2.88. The normalized spacial score (nSPS) is 12.2. The van der Waals surface area contributed by atoms with Gasteiger partial charge in [0.05, 0.1) is 0 Å². The summed E-state index contributed by atoms with van der Waals surface area (Å²) in [5.74, 6) is -0.960. The molecule has 0 aliphatic carbocycles. The van der Waals surface area contributed by atoms with E-state index >= 15 is 0 Å². The van der Waals surface area contributed by atoms with Crippen LogP contribution in [-0.2, 0) is 17.8 Å². The van der Waals surface area contributed by atoms with Crippen LogP contribution < -0.4 is 10.9 Å². The van der Waals surface area contributed by atoms with Crippen molar-refractivity contribution in [3.8, 4) is 0 Å². The maximum absolute atomic E-state index is 11.8. The van der Waals surface area contributed by atoms with Crippen molar-refractivity contribution in [1.29, 1.82) is 0 Å². The average molecular weight is 357 g/mol. The first-order valence-corrected chi connectivity index (χ1v) is 8.22. The van der Waals surface area contributed by atoms with Gasteiger partial charge < -0.3 is 15.4 Å². The molecule has 3 N–H and O–H groups in total. The molecule has 3 aromatic rings. The van der Waals surface area contributed by atoms with E-state index in [0.717, 1.165) is 10.9 Å². The van der Waals surface area contributed by atoms with Crippen LogP contribution in [0.5, 0.6) is 0 Å². The molecule has 2 aromatic carbocycles. The SMILES string of the molecule is O=C(O)C(Cc1cc(=O)[nH]c2ccccc12)NCc1ccc(Cl)cc1. The number of carboxylic acids is 1. The molecule has 0 amide bonds. The summed E-state index contributed by atoms with van der Waals surface area (Å²) in [7, 11) is 0. The maximum Gasteiger partial charge on any atom is 0.321 e. The zero-order chi connectivity index (χ0) is 17.8. The number of H-pyrrole nitrogens is 1. The van der Waals surface area contributed by atoms with Crippen LogP contribution in [-0.4, -0.2) is 22.1 Å². The first kappa shape index (κ1) is 17.2. The largest absolute Gasteiger partial charge is 0.480 e. The number of hydrogen-bond acceptors (Lipinski definition) is 3. The third-order valence-electron chi connectivity index (χ3n) is 4.02. The summed E-state index contributed by atoms with van der Waals surface area (Å²) in [4.78, 5) is 26.2. The van der Waals surface area contributed by atoms with Crippen LogP contribution in [0.3, 0.4) is 0 Å². The van der Waals surface area contributed by atoms with Crippen molar-refractivity contribution in [1.82, 2.24) is 10.3 Å². The highest BCUT2D eigenvalue weighted by molar-refractivity contribution is 6.30. The molecular formula is C19H17ClN2O3. The number of pyridine rings is 1. The molecule has 1 unspecified atom stereocenters. The van der Waals surface area contributed by atoms with Crippen molar-refractivity contribution in [2.24, 2.45) is 0 Å². The number of carboxylic acid groups (broad SMARTS) is 1. The van der Waals surface area contributed by atoms with E-state index in [1.807, 2.05) is 30.3 Å². The van der Waals surface area contributed by atoms with Crippen molar-refractivity contribution < 1.29 is 9.90 Å². The predicted octanol–water partition coefficient (Wildman–Crippen LogP) is 2.97. The summed E-state index contributed by atoms with van der Waals surface area (Å²) in [6, 6.07) is 15.2. The molecular weight excluding hydrogens is 340 g/mol. The summed E-state index contributed by atoms with van der Waals surface area (Å²) in [6.07, 6.45) is 0.216. The van der Waals surface area contributed by atoms with E-state index in [9.17, 15) is 14.7 Å². The lowest BCUT2D eigenvalue weighted by molar-refractivity contribution is -0.139. The monoisotopic (exact) mass is 356 g/mol. The number of nitrogens with one attached hydrogen (secondary N) is 2. The van der Waals surface area contributed by atoms with E-state index in [1.165, 1.54) is 6.07 Å². The Bertz CT molecular complexity index is 951. The molecule has 1 atom stereocenters. The number of aliphatic carboxylic acids is 1. The molecule has 5 nitrogen and oxygen atoms in total. The second kappa shape index (κ2) is 7.51. The lowest BCUT2D eigenvalue weighted by Gasteiger charge is -2.16. The molecule has 0 radical (unpaired) electrons. The van der Waals surface area contributed by atoms with Crippen molar-refractivity contribution in [3.63, 3.8) is 0 Å². The molecule has 1 aromatic heterocycles. The van der Waals surface area contributed by atoms with Crippen LogP contribution in [0.4, 0.5) is 0 Å². The van der Waals surface area contributed by atoms with Crippen LogP contribution in [0.15, 0.2) is 59.4 Å². The predicted molar refractivity (Wildman–Crippen MR) is 98.0 cm³/mol. The van der Waals surface area contributed by atoms with E-state index in [-0.39, 0.29) is 12.0 Å². The van der Waals surface area contributed by atoms with Gasteiger partial charge in [-0.05, 0) is 35.7 Å². The molecule has 0 fully saturated rings. The third kappa shape index (κ3) is 4.26. The molecule has 0 saturated heterocycles. The van der Waals surface area contributed by atoms with Crippen LogP contribution in [0.25, 0.3) is 10.9 Å². The van der Waals surface area contributed by atoms with E-state index in [0.29, 0.717) is 22.6 Å². The standard InChI is InChI=1S/C19H17ClN2O3/c20-14-7-5-12(6-8-14)11-21-17(19(24)25)9-13-10-18(23)22-16-4-2-1-3-15(13)16/h1-8,10,17,21H,9,11H2,(H,22,23)(H,24,25). The topological polar surface area (TPSA) is 82.2 Å². The molecule has 0 saturated carbocycles. The summed E-state index contributed by atoms with van der Waals surface area (Å²) < 4.78 is 0. The van der Waals surface area contributed by atoms with Crippen molar-refractivity contribution in [2.75, 3.05) is 0 Å². The van der Waals surface area contributed by atoms with Gasteiger partial charge in [0, 0.05) is 28.5 Å². The number of halogens is 1. The van der Waals surface area contributed by atoms with Gasteiger partial charge in [0.1, 0.15) is 6.04 Å². The smallest absolute Gasteiger partial charge is 0.321 e. The van der Waals surface area contributed by atoms with Crippen molar-refractivity contribution in [2.45, 2.75) is 19.0 Å². The zero-order valence-electron chi connectivity index (χ0n) is 13.3. The van der Waals surface area contributed by atoms with E-state index in [4.69, 9.17) is 11.6 Å². The van der Waals surface area contributed by atoms with Crippen LogP contribution in [0.2, 0.25) is 5.02 Å². The van der Waals surface area contributed by atoms with E-state index in [1.54, 1.807) is 18.2 Å². The van der Waals surface area contributed by atoms with Gasteiger partial charge in [0.25, 0.3) is 0 Å². The zero-order valence-corrected chi connectivity index (χ0v) is 14.1. The number of para-hydroxylation sites is 1. The number of fused-ring (bicyclic) bond motifs is 1. The second-order valence-corrected chi connectivity index (χ2v) is 6.24. The Morgan fingerprint density at radius 3 is 2.60 bits per heavy atom. The molecule has 128 valence electrons. The van der Waals surface area contributed by atoms with Crippen LogP contribution in [0.1, 0.15) is 11.1 Å². The number of rotatable bonds is 6. The quantitative estimate of drug-likeness (QED) is 0.634. The van der Waals surface area contributed by atoms with Gasteiger partial charge in [0.15, 0.2) is 0 Å². The van der Waals surface area contributed by atoms with Gasteiger partial charge in [-0.25, -0.2) is 0 Å². The highest BCUT2D eigenvalue weighted by Crippen LogP contribution is 2.16. The number of benzene rings is 2. The van der Waals surface area contributed by atoms with E-state index in [2.05, 4.69) is 10.3 Å². The van der Waals surface area contributed by atoms with Gasteiger partial charge in [-0.2, -0.15) is 0 Å². The molecule has 3 rings (SSSR count). The Labute approximate surface area is 149 Å². The van der Waals surface area contributed by atoms with Crippen LogP contribution in [0, 0.1) is 0 Å². The minimum Gasteiger partial charge on any atom is -0.480 e. The maximum atomic E-state index is 11.8. The van der Waals surface area contributed by atoms with Gasteiger partial charge in [-0.3, -0.25) is 9.59 Å². The molecule has 0 spiro atoms. The molecule has 1 heterocycles. The number of aromatic nitrogens is 1. The summed E-state index contributed by atoms with van der Waals surface area (Å²) in [6.45, 7) is 0.398. The Kier molecular flexibility index (Phi) is 5.16. The van der Waals surface area contributed by atoms with Gasteiger partial charge in [-0.15, -0.1) is 0 Å². The van der Waals surface area contributed by atoms with Gasteiger partial charge >= 0.3 is 5.97 Å². The van der Waals surface area contributed by atoms with Crippen molar-refractivity contribution in [3.05, 3.63) is 81.1 Å². The number of hydrogen-bond donors (Lipinski definition) is 3. The molecule has 25 heavy (non-hydrogen) atoms. The fraction of sp³-hybridized carbons (Fsp3) is 0.158. The second-order valence-electron chi connectivity index (χ2n) is 5.81. The Morgan fingerprint density at radius 1 is 1.16 bits per heavy atom. The summed E-state index contributed by atoms with van der Waals surface area (Å²) in [5.41, 5.74) is 2.10. The Hall–Kier alpha value is -2.63. The average Bonchev–Trinajstić information content (AvgIpc) is 2.59. The highest BCUT2D eigenvalue weighted by Gasteiger charge is 2.19. The van der Waals surface area contributed by atoms with Crippen LogP contribution >= 0.6 is 11.6 Å². The summed E-state index contributed by atoms with van der Waals surface area (Å²) >= 11 is 5.86. The number of aromatic amines is 1. The van der Waals surface area contributed by atoms with Crippen molar-refractivity contribution >= 4 is 28.5 Å². The molecule has 0 aliphatic rings. The Morgan fingerprint density at radius 2 is 1.88 bits per heavy atom. The van der Waals surface area contributed by atoms with Gasteiger partial charge in [-0.1, -0.05) is 41.9 Å². The number of carbonyl (C=O) groups is 1. The lowest BCUT2D eigenvalue weighted by atomic mass is 10.0. The highest BCUT2D eigenvalue weighted by atomic mass is 35.5. The van der Waals surface area contributed by atoms with E-state index < -0.39 is 12.0 Å². The Balaban J connectivity index is 1.81. The minimum absolute atomic E-state index is 0.216. The molecule has 0 bridgehead atoms.